The van der Waals surface area contributed by atoms with E-state index in [9.17, 15) is 24.0 Å². The van der Waals surface area contributed by atoms with Gasteiger partial charge in [-0.3, -0.25) is 24.0 Å². The molecule has 2 rings (SSSR count). The van der Waals surface area contributed by atoms with Gasteiger partial charge in [0.15, 0.2) is 30.4 Å². The largest absolute Gasteiger partial charge is 0.463 e. The molecule has 6 atom stereocenters. The number of allylic oxidation sites excluding steroid dienone is 2. The van der Waals surface area contributed by atoms with Gasteiger partial charge in [-0.15, -0.1) is 0 Å². The van der Waals surface area contributed by atoms with E-state index in [1.54, 1.807) is 0 Å². The van der Waals surface area contributed by atoms with Gasteiger partial charge in [-0.05, 0) is 44.1 Å². The minimum atomic E-state index is -1.29. The zero-order valence-electron chi connectivity index (χ0n) is 23.5. The number of Topliss-reactive ketones (excluding diaryl/α,β-unsaturated/α-hetero) is 1. The molecule has 0 saturated carbocycles. The fourth-order valence-electron chi connectivity index (χ4n) is 4.91. The number of ether oxygens (including phenoxy) is 6. The van der Waals surface area contributed by atoms with Gasteiger partial charge in [0.1, 0.15) is 12.7 Å². The minimum absolute atomic E-state index is 0.119. The van der Waals surface area contributed by atoms with Gasteiger partial charge in [-0.2, -0.15) is 0 Å². The molecule has 1 fully saturated rings. The van der Waals surface area contributed by atoms with Gasteiger partial charge in [-0.1, -0.05) is 19.4 Å². The topological polar surface area (TPSA) is 141 Å². The molecule has 0 N–H and O–H groups in total. The van der Waals surface area contributed by atoms with Crippen molar-refractivity contribution in [1.82, 2.24) is 0 Å². The predicted molar refractivity (Wildman–Crippen MR) is 132 cm³/mol. The van der Waals surface area contributed by atoms with Crippen molar-refractivity contribution >= 4 is 29.7 Å². The second-order valence-corrected chi connectivity index (χ2v) is 10.5. The van der Waals surface area contributed by atoms with Gasteiger partial charge < -0.3 is 28.4 Å². The summed E-state index contributed by atoms with van der Waals surface area (Å²) in [5.41, 5.74) is 1.73. The lowest BCUT2D eigenvalue weighted by molar-refractivity contribution is -0.316. The van der Waals surface area contributed by atoms with E-state index in [4.69, 9.17) is 28.4 Å². The maximum absolute atomic E-state index is 12.3. The first-order valence-corrected chi connectivity index (χ1v) is 12.8. The fraction of sp³-hybridized carbons (Fsp3) is 0.741. The molecular formula is C27H40O11. The van der Waals surface area contributed by atoms with Crippen LogP contribution in [0.5, 0.6) is 0 Å². The van der Waals surface area contributed by atoms with Crippen LogP contribution in [0, 0.1) is 5.41 Å². The third kappa shape index (κ3) is 8.62. The number of carbonyl (C=O) groups is 5. The average molecular weight is 541 g/mol. The Hall–Kier alpha value is -2.79. The first kappa shape index (κ1) is 31.4. The van der Waals surface area contributed by atoms with Crippen LogP contribution in [0.3, 0.4) is 0 Å². The van der Waals surface area contributed by atoms with Crippen molar-refractivity contribution in [2.75, 3.05) is 6.61 Å². The Balaban J connectivity index is 2.32. The fourth-order valence-corrected chi connectivity index (χ4v) is 4.91. The van der Waals surface area contributed by atoms with Crippen molar-refractivity contribution in [2.45, 2.75) is 118 Å². The third-order valence-corrected chi connectivity index (χ3v) is 6.78. The highest BCUT2D eigenvalue weighted by Gasteiger charge is 2.53. The van der Waals surface area contributed by atoms with E-state index < -0.39 is 60.7 Å². The Morgan fingerprint density at radius 2 is 1.47 bits per heavy atom. The molecule has 11 nitrogen and oxygen atoms in total. The first-order valence-electron chi connectivity index (χ1n) is 12.8. The van der Waals surface area contributed by atoms with Crippen molar-refractivity contribution in [3.05, 3.63) is 11.1 Å². The number of hydrogen-bond donors (Lipinski definition) is 0. The van der Waals surface area contributed by atoms with Crippen LogP contribution in [-0.2, 0) is 52.4 Å². The number of esters is 4. The molecule has 1 aliphatic carbocycles. The summed E-state index contributed by atoms with van der Waals surface area (Å²) in [6.45, 7) is 12.3. The van der Waals surface area contributed by atoms with E-state index in [1.807, 2.05) is 13.8 Å². The van der Waals surface area contributed by atoms with Crippen molar-refractivity contribution in [3.63, 3.8) is 0 Å². The highest BCUT2D eigenvalue weighted by atomic mass is 16.7. The summed E-state index contributed by atoms with van der Waals surface area (Å²) < 4.78 is 33.5. The quantitative estimate of drug-likeness (QED) is 0.298. The van der Waals surface area contributed by atoms with Crippen LogP contribution < -0.4 is 0 Å². The van der Waals surface area contributed by atoms with Crippen LogP contribution in [0.25, 0.3) is 0 Å². The summed E-state index contributed by atoms with van der Waals surface area (Å²) >= 11 is 0. The van der Waals surface area contributed by atoms with Gasteiger partial charge in [0.05, 0.1) is 6.10 Å². The first-order chi connectivity index (χ1) is 17.6. The van der Waals surface area contributed by atoms with Crippen molar-refractivity contribution in [1.29, 1.82) is 0 Å². The molecule has 0 radical (unpaired) electrons. The molecule has 0 amide bonds. The number of ketones is 1. The summed E-state index contributed by atoms with van der Waals surface area (Å²) in [6.07, 6.45) is -4.12. The van der Waals surface area contributed by atoms with Crippen molar-refractivity contribution in [3.8, 4) is 0 Å². The molecular weight excluding hydrogens is 500 g/mol. The molecule has 2 aliphatic rings. The SMILES string of the molecule is CC(=O)OC[C@H]1O[C@@H](OC(C)CCC2=C(C)C(=O)CCC2(C)C)[C@H](OC(C)=O)[C@@H](OC(C)=O)[C@@H]1OC(C)=O. The molecule has 214 valence electrons. The zero-order valence-corrected chi connectivity index (χ0v) is 23.5. The summed E-state index contributed by atoms with van der Waals surface area (Å²) in [4.78, 5) is 59.6. The molecule has 0 aromatic heterocycles. The Bertz CT molecular complexity index is 951. The molecule has 0 aromatic rings. The molecule has 1 aliphatic heterocycles. The predicted octanol–water partition coefficient (Wildman–Crippen LogP) is 2.96. The zero-order chi connectivity index (χ0) is 28.8. The summed E-state index contributed by atoms with van der Waals surface area (Å²) in [5.74, 6) is -2.56. The van der Waals surface area contributed by atoms with Crippen LogP contribution >= 0.6 is 0 Å². The Morgan fingerprint density at radius 1 is 0.921 bits per heavy atom. The number of rotatable bonds is 10. The van der Waals surface area contributed by atoms with E-state index in [-0.39, 0.29) is 17.8 Å². The molecule has 0 bridgehead atoms. The smallest absolute Gasteiger partial charge is 0.303 e. The van der Waals surface area contributed by atoms with Gasteiger partial charge in [-0.25, -0.2) is 0 Å². The second-order valence-electron chi connectivity index (χ2n) is 10.5. The van der Waals surface area contributed by atoms with Crippen LogP contribution in [0.1, 0.15) is 81.1 Å². The second kappa shape index (κ2) is 13.3. The normalized spacial score (nSPS) is 27.8. The number of hydrogen-bond acceptors (Lipinski definition) is 11. The van der Waals surface area contributed by atoms with Gasteiger partial charge in [0, 0.05) is 34.1 Å². The molecule has 0 aromatic carbocycles. The Kier molecular flexibility index (Phi) is 11.0. The molecule has 38 heavy (non-hydrogen) atoms. The van der Waals surface area contributed by atoms with Gasteiger partial charge in [0.25, 0.3) is 0 Å². The van der Waals surface area contributed by atoms with Crippen molar-refractivity contribution in [2.24, 2.45) is 5.41 Å². The minimum Gasteiger partial charge on any atom is -0.463 e. The molecule has 1 saturated heterocycles. The maximum atomic E-state index is 12.3. The maximum Gasteiger partial charge on any atom is 0.303 e. The molecule has 0 spiro atoms. The summed E-state index contributed by atoms with van der Waals surface area (Å²) in [6, 6.07) is 0. The van der Waals surface area contributed by atoms with Gasteiger partial charge >= 0.3 is 23.9 Å². The third-order valence-electron chi connectivity index (χ3n) is 6.78. The number of carbonyl (C=O) groups excluding carboxylic acids is 5. The van der Waals surface area contributed by atoms with E-state index >= 15 is 0 Å². The van der Waals surface area contributed by atoms with Crippen LogP contribution in [-0.4, -0.2) is 73.1 Å². The van der Waals surface area contributed by atoms with Crippen LogP contribution in [0.2, 0.25) is 0 Å². The van der Waals surface area contributed by atoms with E-state index in [2.05, 4.69) is 13.8 Å². The van der Waals surface area contributed by atoms with E-state index in [0.29, 0.717) is 19.3 Å². The van der Waals surface area contributed by atoms with E-state index in [0.717, 1.165) is 31.4 Å². The Labute approximate surface area is 223 Å². The molecule has 11 heteroatoms. The highest BCUT2D eigenvalue weighted by Crippen LogP contribution is 2.41. The molecule has 1 unspecified atom stereocenters. The lowest BCUT2D eigenvalue weighted by Crippen LogP contribution is -2.63. The average Bonchev–Trinajstić information content (AvgIpc) is 2.78. The monoisotopic (exact) mass is 540 g/mol. The standard InChI is InChI=1S/C27H40O11/c1-14(9-10-20-15(2)21(32)11-12-27(20,7)8)34-26-25(37-19(6)31)24(36-18(5)30)23(35-17(4)29)22(38-26)13-33-16(3)28/h14,22-26H,9-13H2,1-8H3/t14?,22-,23-,24+,25-,26-/m1/s1. The summed E-state index contributed by atoms with van der Waals surface area (Å²) in [7, 11) is 0. The van der Waals surface area contributed by atoms with Crippen LogP contribution in [0.15, 0.2) is 11.1 Å². The lowest BCUT2D eigenvalue weighted by Gasteiger charge is -2.44. The summed E-state index contributed by atoms with van der Waals surface area (Å²) in [5, 5.41) is 0. The van der Waals surface area contributed by atoms with Crippen LogP contribution in [0.4, 0.5) is 0 Å². The highest BCUT2D eigenvalue weighted by molar-refractivity contribution is 5.96. The molecule has 1 heterocycles. The van der Waals surface area contributed by atoms with Crippen molar-refractivity contribution < 1.29 is 52.4 Å². The lowest BCUT2D eigenvalue weighted by atomic mass is 9.70. The van der Waals surface area contributed by atoms with E-state index in [1.165, 1.54) is 13.8 Å². The Morgan fingerprint density at radius 3 is 2.03 bits per heavy atom. The van der Waals surface area contributed by atoms with Gasteiger partial charge in [0.2, 0.25) is 0 Å².